The summed E-state index contributed by atoms with van der Waals surface area (Å²) in [6.07, 6.45) is 7.54. The van der Waals surface area contributed by atoms with E-state index in [1.807, 2.05) is 30.3 Å². The molecule has 7 nitrogen and oxygen atoms in total. The number of nitrogens with one attached hydrogen (secondary N) is 1. The topological polar surface area (TPSA) is 77.6 Å². The zero-order valence-corrected chi connectivity index (χ0v) is 19.4. The summed E-state index contributed by atoms with van der Waals surface area (Å²) >= 11 is 12.7. The minimum Gasteiger partial charge on any atom is -0.322 e. The van der Waals surface area contributed by atoms with Gasteiger partial charge in [-0.1, -0.05) is 47.8 Å². The molecule has 168 valence electrons. The number of fused-ring (bicyclic) bond motifs is 1. The molecular formula is C24H22Cl2N6O. The molecule has 0 fully saturated rings. The number of amides is 1. The second kappa shape index (κ2) is 9.37. The van der Waals surface area contributed by atoms with Crippen LogP contribution in [0.5, 0.6) is 0 Å². The predicted molar refractivity (Wildman–Crippen MR) is 129 cm³/mol. The third kappa shape index (κ3) is 4.65. The summed E-state index contributed by atoms with van der Waals surface area (Å²) in [6, 6.07) is 13.0. The van der Waals surface area contributed by atoms with Crippen LogP contribution in [0.25, 0.3) is 11.4 Å². The Hall–Kier alpha value is -3.16. The van der Waals surface area contributed by atoms with Crippen LogP contribution in [0, 0.1) is 0 Å². The van der Waals surface area contributed by atoms with E-state index in [9.17, 15) is 4.79 Å². The maximum absolute atomic E-state index is 12.9. The van der Waals surface area contributed by atoms with Crippen molar-refractivity contribution < 1.29 is 4.79 Å². The summed E-state index contributed by atoms with van der Waals surface area (Å²) in [5, 5.41) is 17.2. The molecule has 0 aliphatic carbocycles. The fourth-order valence-corrected chi connectivity index (χ4v) is 4.43. The average molecular weight is 481 g/mol. The predicted octanol–water partition coefficient (Wildman–Crippen LogP) is 5.48. The number of halogens is 2. The van der Waals surface area contributed by atoms with Crippen LogP contribution in [0.4, 0.5) is 5.69 Å². The van der Waals surface area contributed by atoms with Gasteiger partial charge in [-0.3, -0.25) is 9.48 Å². The van der Waals surface area contributed by atoms with Gasteiger partial charge in [0.2, 0.25) is 0 Å². The van der Waals surface area contributed by atoms with Gasteiger partial charge in [-0.25, -0.2) is 0 Å². The molecule has 5 rings (SSSR count). The molecule has 3 heterocycles. The molecule has 2 aromatic heterocycles. The normalized spacial score (nSPS) is 13.4. The molecule has 4 aromatic rings. The number of aromatic nitrogens is 5. The van der Waals surface area contributed by atoms with Gasteiger partial charge in [0.15, 0.2) is 5.82 Å². The highest BCUT2D eigenvalue weighted by Crippen LogP contribution is 2.31. The van der Waals surface area contributed by atoms with Crippen LogP contribution in [0.15, 0.2) is 54.9 Å². The minimum absolute atomic E-state index is 0.256. The lowest BCUT2D eigenvalue weighted by atomic mass is 10.1. The van der Waals surface area contributed by atoms with Gasteiger partial charge >= 0.3 is 0 Å². The van der Waals surface area contributed by atoms with Gasteiger partial charge in [-0.15, -0.1) is 10.2 Å². The molecule has 2 aromatic carbocycles. The van der Waals surface area contributed by atoms with Gasteiger partial charge in [-0.05, 0) is 42.7 Å². The first-order valence-corrected chi connectivity index (χ1v) is 11.6. The monoisotopic (exact) mass is 480 g/mol. The Morgan fingerprint density at radius 3 is 2.79 bits per heavy atom. The maximum Gasteiger partial charge on any atom is 0.258 e. The largest absolute Gasteiger partial charge is 0.322 e. The summed E-state index contributed by atoms with van der Waals surface area (Å²) in [5.74, 6) is 1.47. The van der Waals surface area contributed by atoms with E-state index in [1.165, 1.54) is 6.42 Å². The molecule has 0 atom stereocenters. The first-order valence-electron chi connectivity index (χ1n) is 10.9. The van der Waals surface area contributed by atoms with Crippen LogP contribution >= 0.6 is 23.2 Å². The molecule has 1 amide bonds. The molecular weight excluding hydrogens is 459 g/mol. The Morgan fingerprint density at radius 2 is 1.91 bits per heavy atom. The number of rotatable bonds is 5. The SMILES string of the molecule is O=C(Nc1ccc(Cl)c(-c2nnc3n2CCCCC3)c1)c1cnn(Cc2ccccc2Cl)c1. The number of carbonyl (C=O) groups excluding carboxylic acids is 1. The van der Waals surface area contributed by atoms with Crippen molar-refractivity contribution in [3.8, 4) is 11.4 Å². The van der Waals surface area contributed by atoms with Crippen LogP contribution < -0.4 is 5.32 Å². The van der Waals surface area contributed by atoms with E-state index in [0.717, 1.165) is 48.6 Å². The second-order valence-corrected chi connectivity index (χ2v) is 8.88. The smallest absolute Gasteiger partial charge is 0.258 e. The fourth-order valence-electron chi connectivity index (χ4n) is 4.03. The fraction of sp³-hybridized carbons (Fsp3) is 0.250. The van der Waals surface area contributed by atoms with Crippen molar-refractivity contribution in [3.63, 3.8) is 0 Å². The Morgan fingerprint density at radius 1 is 1.03 bits per heavy atom. The van der Waals surface area contributed by atoms with Crippen molar-refractivity contribution in [1.29, 1.82) is 0 Å². The standard InChI is InChI=1S/C24H22Cl2N6O/c25-20-7-4-3-6-16(20)14-31-15-17(13-27-31)24(33)28-18-9-10-21(26)19(12-18)23-30-29-22-8-2-1-5-11-32(22)23/h3-4,6-7,9-10,12-13,15H,1-2,5,8,11,14H2,(H,28,33). The molecule has 1 aliphatic rings. The molecule has 0 unspecified atom stereocenters. The zero-order chi connectivity index (χ0) is 22.8. The zero-order valence-electron chi connectivity index (χ0n) is 17.8. The number of anilines is 1. The van der Waals surface area contributed by atoms with Crippen LogP contribution in [0.3, 0.4) is 0 Å². The summed E-state index contributed by atoms with van der Waals surface area (Å²) < 4.78 is 3.83. The quantitative estimate of drug-likeness (QED) is 0.410. The molecule has 0 bridgehead atoms. The van der Waals surface area contributed by atoms with Crippen molar-refractivity contribution in [2.24, 2.45) is 0 Å². The van der Waals surface area contributed by atoms with Crippen LogP contribution in [0.2, 0.25) is 10.0 Å². The minimum atomic E-state index is -0.256. The number of carbonyl (C=O) groups is 1. The van der Waals surface area contributed by atoms with Gasteiger partial charge in [-0.2, -0.15) is 5.10 Å². The van der Waals surface area contributed by atoms with Crippen LogP contribution in [-0.4, -0.2) is 30.5 Å². The third-order valence-corrected chi connectivity index (χ3v) is 6.46. The maximum atomic E-state index is 12.9. The van der Waals surface area contributed by atoms with Crippen molar-refractivity contribution in [2.45, 2.75) is 38.8 Å². The molecule has 1 N–H and O–H groups in total. The lowest BCUT2D eigenvalue weighted by Crippen LogP contribution is -2.11. The number of benzene rings is 2. The van der Waals surface area contributed by atoms with Crippen LogP contribution in [0.1, 0.15) is 41.0 Å². The van der Waals surface area contributed by atoms with E-state index in [1.54, 1.807) is 29.2 Å². The Kier molecular flexibility index (Phi) is 6.15. The molecule has 0 saturated heterocycles. The first-order chi connectivity index (χ1) is 16.1. The van der Waals surface area contributed by atoms with E-state index >= 15 is 0 Å². The summed E-state index contributed by atoms with van der Waals surface area (Å²) in [5.41, 5.74) is 2.77. The highest BCUT2D eigenvalue weighted by Gasteiger charge is 2.19. The average Bonchev–Trinajstić information content (AvgIpc) is 3.37. The van der Waals surface area contributed by atoms with Gasteiger partial charge in [0.25, 0.3) is 5.91 Å². The highest BCUT2D eigenvalue weighted by atomic mass is 35.5. The van der Waals surface area contributed by atoms with Gasteiger partial charge in [0.05, 0.1) is 23.3 Å². The van der Waals surface area contributed by atoms with Crippen molar-refractivity contribution in [2.75, 3.05) is 5.32 Å². The summed E-state index contributed by atoms with van der Waals surface area (Å²) in [4.78, 5) is 12.9. The van der Waals surface area contributed by atoms with E-state index in [0.29, 0.717) is 27.8 Å². The van der Waals surface area contributed by atoms with Gasteiger partial charge < -0.3 is 9.88 Å². The molecule has 0 saturated carbocycles. The molecule has 9 heteroatoms. The van der Waals surface area contributed by atoms with E-state index in [4.69, 9.17) is 23.2 Å². The molecule has 1 aliphatic heterocycles. The highest BCUT2D eigenvalue weighted by molar-refractivity contribution is 6.33. The molecule has 33 heavy (non-hydrogen) atoms. The number of hydrogen-bond donors (Lipinski definition) is 1. The van der Waals surface area contributed by atoms with E-state index < -0.39 is 0 Å². The number of nitrogens with zero attached hydrogens (tertiary/aromatic N) is 5. The van der Waals surface area contributed by atoms with Crippen molar-refractivity contribution >= 4 is 34.8 Å². The lowest BCUT2D eigenvalue weighted by molar-refractivity contribution is 0.102. The Labute approximate surface area is 201 Å². The van der Waals surface area contributed by atoms with E-state index in [2.05, 4.69) is 25.2 Å². The molecule has 0 radical (unpaired) electrons. The summed E-state index contributed by atoms with van der Waals surface area (Å²) in [6.45, 7) is 1.35. The molecule has 0 spiro atoms. The van der Waals surface area contributed by atoms with E-state index in [-0.39, 0.29) is 5.91 Å². The lowest BCUT2D eigenvalue weighted by Gasteiger charge is -2.11. The second-order valence-electron chi connectivity index (χ2n) is 8.07. The number of aryl methyl sites for hydroxylation is 1. The van der Waals surface area contributed by atoms with Gasteiger partial charge in [0, 0.05) is 35.4 Å². The Balaban J connectivity index is 1.34. The van der Waals surface area contributed by atoms with Crippen molar-refractivity contribution in [1.82, 2.24) is 24.5 Å². The van der Waals surface area contributed by atoms with Crippen LogP contribution in [-0.2, 0) is 19.5 Å². The summed E-state index contributed by atoms with van der Waals surface area (Å²) in [7, 11) is 0. The number of hydrogen-bond acceptors (Lipinski definition) is 4. The van der Waals surface area contributed by atoms with Crippen molar-refractivity contribution in [3.05, 3.63) is 81.9 Å². The Bertz CT molecular complexity index is 1310. The third-order valence-electron chi connectivity index (χ3n) is 5.76. The first kappa shape index (κ1) is 21.7. The van der Waals surface area contributed by atoms with Gasteiger partial charge in [0.1, 0.15) is 5.82 Å².